The molecular weight excluding hydrogens is 704 g/mol. The fraction of sp³-hybridized carbons (Fsp3) is 0.459. The summed E-state index contributed by atoms with van der Waals surface area (Å²) in [5.74, 6) is -8.28. The Bertz CT molecular complexity index is 1650. The topological polar surface area (TPSA) is 283 Å². The first-order chi connectivity index (χ1) is 25.4. The Morgan fingerprint density at radius 3 is 1.87 bits per heavy atom. The van der Waals surface area contributed by atoms with Crippen molar-refractivity contribution in [1.29, 1.82) is 0 Å². The molecule has 0 aromatic heterocycles. The third-order valence-electron chi connectivity index (χ3n) is 8.14. The lowest BCUT2D eigenvalue weighted by atomic mass is 9.98. The second-order valence-electron chi connectivity index (χ2n) is 13.6. The molecule has 0 aliphatic heterocycles. The number of para-hydroxylation sites is 1. The van der Waals surface area contributed by atoms with Crippen molar-refractivity contribution in [3.8, 4) is 0 Å². The van der Waals surface area contributed by atoms with Crippen LogP contribution in [0.25, 0.3) is 0 Å². The van der Waals surface area contributed by atoms with Crippen LogP contribution in [-0.4, -0.2) is 93.0 Å². The van der Waals surface area contributed by atoms with Crippen molar-refractivity contribution in [2.45, 2.75) is 96.4 Å². The number of carbonyl (C=O) groups excluding carboxylic acids is 5. The number of hydrogen-bond acceptors (Lipinski definition) is 9. The van der Waals surface area contributed by atoms with Gasteiger partial charge in [0.25, 0.3) is 0 Å². The minimum Gasteiger partial charge on any atom is -0.481 e. The number of nitrogens with two attached hydrogens (primary N) is 1. The molecule has 17 nitrogen and oxygen atoms in total. The smallest absolute Gasteiger partial charge is 0.337 e. The van der Waals surface area contributed by atoms with Crippen LogP contribution in [0.4, 0.5) is 5.69 Å². The lowest BCUT2D eigenvalue weighted by molar-refractivity contribution is -0.140. The normalized spacial score (nSPS) is 13.8. The van der Waals surface area contributed by atoms with E-state index in [1.807, 2.05) is 13.8 Å². The second kappa shape index (κ2) is 21.6. The molecule has 0 saturated carbocycles. The van der Waals surface area contributed by atoms with Crippen LogP contribution in [0.2, 0.25) is 0 Å². The highest BCUT2D eigenvalue weighted by molar-refractivity contribution is 6.04. The van der Waals surface area contributed by atoms with E-state index in [2.05, 4.69) is 26.6 Å². The van der Waals surface area contributed by atoms with Gasteiger partial charge < -0.3 is 47.6 Å². The second-order valence-corrected chi connectivity index (χ2v) is 13.6. The van der Waals surface area contributed by atoms with Gasteiger partial charge in [0.15, 0.2) is 0 Å². The summed E-state index contributed by atoms with van der Waals surface area (Å²) in [5, 5.41) is 40.6. The first-order valence-corrected chi connectivity index (χ1v) is 17.4. The molecule has 5 atom stereocenters. The van der Waals surface area contributed by atoms with Crippen molar-refractivity contribution >= 4 is 53.1 Å². The molecule has 2 rings (SSSR count). The van der Waals surface area contributed by atoms with Crippen LogP contribution < -0.4 is 32.3 Å². The average Bonchev–Trinajstić information content (AvgIpc) is 3.08. The summed E-state index contributed by atoms with van der Waals surface area (Å²) in [5.41, 5.74) is 6.21. The van der Waals surface area contributed by atoms with Crippen molar-refractivity contribution in [2.75, 3.05) is 5.32 Å². The number of carboxylic acids is 3. The molecule has 0 saturated heterocycles. The summed E-state index contributed by atoms with van der Waals surface area (Å²) in [6, 6.07) is 8.33. The van der Waals surface area contributed by atoms with Gasteiger partial charge in [0.2, 0.25) is 29.5 Å². The van der Waals surface area contributed by atoms with Crippen LogP contribution in [0, 0.1) is 11.8 Å². The standard InChI is InChI=1S/C37H50N6O11/c1-20(2)16-27(42-36(52)32(21(3)4)43-33(49)25(38)14-15-30(45)46)34(50)39-23(17-22-10-6-5-7-11-22)18-29(44)40-28(19-31(47)48)35(51)41-26-13-9-8-12-24(26)37(53)54/h5-13,20-21,23,25,27-28,32H,14-19,38H2,1-4H3,(H,39,50)(H,40,44)(H,41,51)(H,42,52)(H,43,49)(H,45,46)(H,47,48)(H,53,54)/t23-,25-,27-,28-,32-/m0/s1. The fourth-order valence-corrected chi connectivity index (χ4v) is 5.40. The van der Waals surface area contributed by atoms with Crippen molar-refractivity contribution in [1.82, 2.24) is 21.3 Å². The number of benzene rings is 2. The molecule has 2 aromatic carbocycles. The molecule has 0 radical (unpaired) electrons. The monoisotopic (exact) mass is 754 g/mol. The van der Waals surface area contributed by atoms with E-state index in [9.17, 15) is 48.6 Å². The molecule has 0 unspecified atom stereocenters. The summed E-state index contributed by atoms with van der Waals surface area (Å²) in [4.78, 5) is 101. The SMILES string of the molecule is CC(C)C[C@H](NC(=O)[C@@H](NC(=O)[C@@H](N)CCC(=O)O)C(C)C)C(=O)N[C@H](CC(=O)N[C@@H](CC(=O)O)C(=O)Nc1ccccc1C(=O)O)Cc1ccccc1. The van der Waals surface area contributed by atoms with E-state index in [1.165, 1.54) is 24.3 Å². The average molecular weight is 755 g/mol. The molecule has 0 bridgehead atoms. The van der Waals surface area contributed by atoms with Crippen molar-refractivity contribution in [2.24, 2.45) is 17.6 Å². The number of amides is 5. The molecule has 0 spiro atoms. The van der Waals surface area contributed by atoms with Crippen LogP contribution in [0.15, 0.2) is 54.6 Å². The van der Waals surface area contributed by atoms with Crippen molar-refractivity contribution in [3.63, 3.8) is 0 Å². The van der Waals surface area contributed by atoms with Gasteiger partial charge in [-0.2, -0.15) is 0 Å². The van der Waals surface area contributed by atoms with Gasteiger partial charge in [-0.25, -0.2) is 4.79 Å². The van der Waals surface area contributed by atoms with Crippen LogP contribution in [0.5, 0.6) is 0 Å². The van der Waals surface area contributed by atoms with Crippen LogP contribution >= 0.6 is 0 Å². The number of hydrogen-bond donors (Lipinski definition) is 9. The summed E-state index contributed by atoms with van der Waals surface area (Å²) in [6.45, 7) is 6.99. The minimum absolute atomic E-state index is 0.102. The Kier molecular flexibility index (Phi) is 17.8. The molecule has 0 heterocycles. The zero-order chi connectivity index (χ0) is 40.5. The number of rotatable bonds is 22. The lowest BCUT2D eigenvalue weighted by Gasteiger charge is -2.28. The van der Waals surface area contributed by atoms with E-state index in [0.717, 1.165) is 5.56 Å². The van der Waals surface area contributed by atoms with Gasteiger partial charge >= 0.3 is 17.9 Å². The third-order valence-corrected chi connectivity index (χ3v) is 8.14. The highest BCUT2D eigenvalue weighted by Crippen LogP contribution is 2.16. The molecule has 2 aromatic rings. The fourth-order valence-electron chi connectivity index (χ4n) is 5.40. The van der Waals surface area contributed by atoms with E-state index in [-0.39, 0.29) is 42.9 Å². The third kappa shape index (κ3) is 15.4. The maximum Gasteiger partial charge on any atom is 0.337 e. The number of aliphatic carboxylic acids is 2. The summed E-state index contributed by atoms with van der Waals surface area (Å²) < 4.78 is 0. The predicted octanol–water partition coefficient (Wildman–Crippen LogP) is 1.26. The lowest BCUT2D eigenvalue weighted by Crippen LogP contribution is -2.58. The Morgan fingerprint density at radius 2 is 1.30 bits per heavy atom. The van der Waals surface area contributed by atoms with Gasteiger partial charge in [-0.3, -0.25) is 33.6 Å². The number of anilines is 1. The number of carboxylic acid groups (broad SMARTS) is 3. The van der Waals surface area contributed by atoms with E-state index in [4.69, 9.17) is 10.8 Å². The summed E-state index contributed by atoms with van der Waals surface area (Å²) >= 11 is 0. The van der Waals surface area contributed by atoms with Gasteiger partial charge in [-0.15, -0.1) is 0 Å². The Balaban J connectivity index is 2.28. The van der Waals surface area contributed by atoms with E-state index < -0.39 is 96.4 Å². The molecule has 294 valence electrons. The van der Waals surface area contributed by atoms with Crippen LogP contribution in [0.3, 0.4) is 0 Å². The van der Waals surface area contributed by atoms with Crippen molar-refractivity contribution < 1.29 is 53.7 Å². The highest BCUT2D eigenvalue weighted by atomic mass is 16.4. The predicted molar refractivity (Wildman–Crippen MR) is 196 cm³/mol. The molecule has 5 amide bonds. The van der Waals surface area contributed by atoms with E-state index in [1.54, 1.807) is 44.2 Å². The van der Waals surface area contributed by atoms with Crippen LogP contribution in [0.1, 0.15) is 75.7 Å². The van der Waals surface area contributed by atoms with E-state index in [0.29, 0.717) is 0 Å². The zero-order valence-corrected chi connectivity index (χ0v) is 30.7. The number of nitrogens with one attached hydrogen (secondary N) is 5. The molecular formula is C37H50N6O11. The Morgan fingerprint density at radius 1 is 0.667 bits per heavy atom. The van der Waals surface area contributed by atoms with Gasteiger partial charge in [-0.1, -0.05) is 70.2 Å². The minimum atomic E-state index is -1.61. The Hall–Kier alpha value is -5.84. The zero-order valence-electron chi connectivity index (χ0n) is 30.7. The van der Waals surface area contributed by atoms with Gasteiger partial charge in [-0.05, 0) is 48.8 Å². The molecule has 0 aliphatic carbocycles. The van der Waals surface area contributed by atoms with Gasteiger partial charge in [0.05, 0.1) is 23.7 Å². The molecule has 10 N–H and O–H groups in total. The Labute approximate surface area is 312 Å². The molecule has 54 heavy (non-hydrogen) atoms. The molecule has 0 fully saturated rings. The summed E-state index contributed by atoms with van der Waals surface area (Å²) in [6.07, 6.45) is -1.45. The van der Waals surface area contributed by atoms with E-state index >= 15 is 0 Å². The number of aromatic carboxylic acids is 1. The quantitative estimate of drug-likeness (QED) is 0.0822. The number of carbonyl (C=O) groups is 8. The highest BCUT2D eigenvalue weighted by Gasteiger charge is 2.32. The first-order valence-electron chi connectivity index (χ1n) is 17.4. The molecule has 0 aliphatic rings. The van der Waals surface area contributed by atoms with Gasteiger partial charge in [0, 0.05) is 18.9 Å². The maximum atomic E-state index is 13.8. The largest absolute Gasteiger partial charge is 0.481 e. The van der Waals surface area contributed by atoms with Crippen LogP contribution in [-0.2, 0) is 40.0 Å². The van der Waals surface area contributed by atoms with Crippen molar-refractivity contribution in [3.05, 3.63) is 65.7 Å². The maximum absolute atomic E-state index is 13.8. The summed E-state index contributed by atoms with van der Waals surface area (Å²) in [7, 11) is 0. The first kappa shape index (κ1) is 44.3. The molecule has 17 heteroatoms. The van der Waals surface area contributed by atoms with Gasteiger partial charge in [0.1, 0.15) is 18.1 Å².